The Kier molecular flexibility index (Phi) is 4.65. The average molecular weight is 271 g/mol. The van der Waals surface area contributed by atoms with Gasteiger partial charge in [-0.25, -0.2) is 0 Å². The van der Waals surface area contributed by atoms with Crippen LogP contribution in [0.4, 0.5) is 0 Å². The number of unbranched alkanes of at least 4 members (excludes halogenated alkanes) is 1. The van der Waals surface area contributed by atoms with E-state index in [0.717, 1.165) is 16.5 Å². The lowest BCUT2D eigenvalue weighted by Gasteiger charge is -2.15. The Morgan fingerprint density at radius 3 is 2.67 bits per heavy atom. The Hall–Kier alpha value is -0.500. The SMILES string of the molecule is CCCCC(C)c1cc(C)cc(Br)c1O. The standard InChI is InChI=1S/C13H19BrO/c1-4-5-6-10(3)11-7-9(2)8-12(14)13(11)15/h7-8,10,15H,4-6H2,1-3H3. The number of rotatable bonds is 4. The molecule has 0 fully saturated rings. The highest BCUT2D eigenvalue weighted by molar-refractivity contribution is 9.10. The third-order valence-corrected chi connectivity index (χ3v) is 3.36. The number of phenolic OH excluding ortho intramolecular Hbond substituents is 1. The predicted molar refractivity (Wildman–Crippen MR) is 68.5 cm³/mol. The Bertz CT molecular complexity index is 334. The Balaban J connectivity index is 2.92. The molecular weight excluding hydrogens is 252 g/mol. The fraction of sp³-hybridized carbons (Fsp3) is 0.538. The molecule has 1 unspecified atom stereocenters. The molecule has 0 saturated carbocycles. The van der Waals surface area contributed by atoms with Crippen LogP contribution in [0.1, 0.15) is 50.2 Å². The molecule has 15 heavy (non-hydrogen) atoms. The van der Waals surface area contributed by atoms with Crippen molar-refractivity contribution in [2.24, 2.45) is 0 Å². The summed E-state index contributed by atoms with van der Waals surface area (Å²) in [7, 11) is 0. The maximum Gasteiger partial charge on any atom is 0.133 e. The van der Waals surface area contributed by atoms with Gasteiger partial charge in [-0.05, 0) is 52.4 Å². The summed E-state index contributed by atoms with van der Waals surface area (Å²) < 4.78 is 0.806. The molecule has 0 aliphatic heterocycles. The number of phenols is 1. The summed E-state index contributed by atoms with van der Waals surface area (Å²) in [6.45, 7) is 6.43. The number of aryl methyl sites for hydroxylation is 1. The van der Waals surface area contributed by atoms with Crippen molar-refractivity contribution >= 4 is 15.9 Å². The molecule has 0 aromatic heterocycles. The molecular formula is C13H19BrO. The normalized spacial score (nSPS) is 12.8. The molecule has 0 aliphatic carbocycles. The molecule has 0 amide bonds. The van der Waals surface area contributed by atoms with Gasteiger partial charge in [0.1, 0.15) is 5.75 Å². The fourth-order valence-corrected chi connectivity index (χ4v) is 2.39. The van der Waals surface area contributed by atoms with Crippen molar-refractivity contribution < 1.29 is 5.11 Å². The molecule has 1 rings (SSSR count). The summed E-state index contributed by atoms with van der Waals surface area (Å²) in [5, 5.41) is 9.94. The molecule has 1 nitrogen and oxygen atoms in total. The Morgan fingerprint density at radius 1 is 1.40 bits per heavy atom. The predicted octanol–water partition coefficient (Wildman–Crippen LogP) is 4.76. The first kappa shape index (κ1) is 12.6. The lowest BCUT2D eigenvalue weighted by Crippen LogP contribution is -1.95. The molecule has 1 aromatic rings. The van der Waals surface area contributed by atoms with Crippen LogP contribution >= 0.6 is 15.9 Å². The third kappa shape index (κ3) is 3.23. The topological polar surface area (TPSA) is 20.2 Å². The Morgan fingerprint density at radius 2 is 2.07 bits per heavy atom. The van der Waals surface area contributed by atoms with Crippen LogP contribution in [0.5, 0.6) is 5.75 Å². The second-order valence-electron chi connectivity index (χ2n) is 4.23. The van der Waals surface area contributed by atoms with Gasteiger partial charge in [-0.2, -0.15) is 0 Å². The van der Waals surface area contributed by atoms with Gasteiger partial charge < -0.3 is 5.11 Å². The molecule has 1 aromatic carbocycles. The van der Waals surface area contributed by atoms with Crippen molar-refractivity contribution in [2.75, 3.05) is 0 Å². The van der Waals surface area contributed by atoms with E-state index in [-0.39, 0.29) is 0 Å². The van der Waals surface area contributed by atoms with Crippen molar-refractivity contribution in [1.82, 2.24) is 0 Å². The quantitative estimate of drug-likeness (QED) is 0.837. The zero-order valence-electron chi connectivity index (χ0n) is 9.68. The van der Waals surface area contributed by atoms with Crippen molar-refractivity contribution in [3.05, 3.63) is 27.7 Å². The zero-order chi connectivity index (χ0) is 11.4. The van der Waals surface area contributed by atoms with Gasteiger partial charge in [0, 0.05) is 0 Å². The van der Waals surface area contributed by atoms with Gasteiger partial charge in [-0.3, -0.25) is 0 Å². The van der Waals surface area contributed by atoms with E-state index >= 15 is 0 Å². The number of hydrogen-bond acceptors (Lipinski definition) is 1. The van der Waals surface area contributed by atoms with Crippen molar-refractivity contribution in [1.29, 1.82) is 0 Å². The first-order chi connectivity index (χ1) is 7.06. The molecule has 0 spiro atoms. The van der Waals surface area contributed by atoms with Gasteiger partial charge >= 0.3 is 0 Å². The first-order valence-corrected chi connectivity index (χ1v) is 6.34. The fourth-order valence-electron chi connectivity index (χ4n) is 1.80. The van der Waals surface area contributed by atoms with E-state index in [9.17, 15) is 5.11 Å². The van der Waals surface area contributed by atoms with Gasteiger partial charge in [0.05, 0.1) is 4.47 Å². The van der Waals surface area contributed by atoms with Gasteiger partial charge in [0.15, 0.2) is 0 Å². The summed E-state index contributed by atoms with van der Waals surface area (Å²) in [6, 6.07) is 4.03. The maximum absolute atomic E-state index is 9.94. The highest BCUT2D eigenvalue weighted by Crippen LogP contribution is 2.35. The summed E-state index contributed by atoms with van der Waals surface area (Å²) in [6.07, 6.45) is 3.56. The van der Waals surface area contributed by atoms with Crippen LogP contribution in [0.25, 0.3) is 0 Å². The van der Waals surface area contributed by atoms with Crippen LogP contribution in [0.3, 0.4) is 0 Å². The third-order valence-electron chi connectivity index (χ3n) is 2.76. The van der Waals surface area contributed by atoms with E-state index in [1.54, 1.807) is 0 Å². The highest BCUT2D eigenvalue weighted by Gasteiger charge is 2.12. The van der Waals surface area contributed by atoms with Gasteiger partial charge in [0.2, 0.25) is 0 Å². The van der Waals surface area contributed by atoms with E-state index in [1.807, 2.05) is 6.07 Å². The van der Waals surface area contributed by atoms with Crippen LogP contribution in [-0.2, 0) is 0 Å². The van der Waals surface area contributed by atoms with Crippen molar-refractivity contribution in [3.8, 4) is 5.75 Å². The number of aromatic hydroxyl groups is 1. The lowest BCUT2D eigenvalue weighted by molar-refractivity contribution is 0.455. The van der Waals surface area contributed by atoms with E-state index in [1.165, 1.54) is 18.4 Å². The molecule has 0 radical (unpaired) electrons. The highest BCUT2D eigenvalue weighted by atomic mass is 79.9. The van der Waals surface area contributed by atoms with Crippen LogP contribution < -0.4 is 0 Å². The number of benzene rings is 1. The lowest BCUT2D eigenvalue weighted by atomic mass is 9.93. The van der Waals surface area contributed by atoms with Gasteiger partial charge in [-0.15, -0.1) is 0 Å². The minimum atomic E-state index is 0.407. The van der Waals surface area contributed by atoms with Crippen molar-refractivity contribution in [3.63, 3.8) is 0 Å². The van der Waals surface area contributed by atoms with Crippen molar-refractivity contribution in [2.45, 2.75) is 46.0 Å². The summed E-state index contributed by atoms with van der Waals surface area (Å²) in [4.78, 5) is 0. The molecule has 2 heteroatoms. The molecule has 1 N–H and O–H groups in total. The summed E-state index contributed by atoms with van der Waals surface area (Å²) >= 11 is 3.38. The molecule has 0 heterocycles. The minimum Gasteiger partial charge on any atom is -0.506 e. The van der Waals surface area contributed by atoms with Crippen LogP contribution in [-0.4, -0.2) is 5.11 Å². The van der Waals surface area contributed by atoms with E-state index in [2.05, 4.69) is 42.8 Å². The van der Waals surface area contributed by atoms with Crippen LogP contribution in [0.2, 0.25) is 0 Å². The van der Waals surface area contributed by atoms with E-state index in [4.69, 9.17) is 0 Å². The van der Waals surface area contributed by atoms with Gasteiger partial charge in [0.25, 0.3) is 0 Å². The largest absolute Gasteiger partial charge is 0.506 e. The van der Waals surface area contributed by atoms with E-state index in [0.29, 0.717) is 11.7 Å². The number of hydrogen-bond donors (Lipinski definition) is 1. The second kappa shape index (κ2) is 5.55. The smallest absolute Gasteiger partial charge is 0.133 e. The minimum absolute atomic E-state index is 0.407. The second-order valence-corrected chi connectivity index (χ2v) is 5.08. The zero-order valence-corrected chi connectivity index (χ0v) is 11.3. The molecule has 1 atom stereocenters. The Labute approximate surface area is 101 Å². The monoisotopic (exact) mass is 270 g/mol. The van der Waals surface area contributed by atoms with E-state index < -0.39 is 0 Å². The molecule has 0 aliphatic rings. The van der Waals surface area contributed by atoms with Crippen LogP contribution in [0.15, 0.2) is 16.6 Å². The first-order valence-electron chi connectivity index (χ1n) is 5.55. The van der Waals surface area contributed by atoms with Gasteiger partial charge in [-0.1, -0.05) is 32.8 Å². The molecule has 84 valence electrons. The maximum atomic E-state index is 9.94. The summed E-state index contributed by atoms with van der Waals surface area (Å²) in [5.41, 5.74) is 2.26. The summed E-state index contributed by atoms with van der Waals surface area (Å²) in [5.74, 6) is 0.838. The molecule has 0 bridgehead atoms. The molecule has 0 saturated heterocycles. The number of halogens is 1. The average Bonchev–Trinajstić information content (AvgIpc) is 2.19. The van der Waals surface area contributed by atoms with Crippen LogP contribution in [0, 0.1) is 6.92 Å².